The first-order valence-corrected chi connectivity index (χ1v) is 8.21. The third kappa shape index (κ3) is 4.22. The van der Waals surface area contributed by atoms with E-state index in [0.29, 0.717) is 5.56 Å². The molecule has 1 amide bonds. The number of halogens is 1. The summed E-state index contributed by atoms with van der Waals surface area (Å²) in [6, 6.07) is 17.9. The van der Waals surface area contributed by atoms with E-state index in [1.165, 1.54) is 24.3 Å². The van der Waals surface area contributed by atoms with Gasteiger partial charge in [-0.15, -0.1) is 0 Å². The van der Waals surface area contributed by atoms with Crippen LogP contribution >= 0.6 is 0 Å². The Balaban J connectivity index is 1.78. The maximum absolute atomic E-state index is 13.3. The molecule has 0 aliphatic heterocycles. The zero-order valence-electron chi connectivity index (χ0n) is 14.2. The predicted molar refractivity (Wildman–Crippen MR) is 96.3 cm³/mol. The van der Waals surface area contributed by atoms with Crippen molar-refractivity contribution in [1.29, 1.82) is 0 Å². The van der Waals surface area contributed by atoms with Crippen LogP contribution in [0.1, 0.15) is 34.6 Å². The Labute approximate surface area is 150 Å². The van der Waals surface area contributed by atoms with Gasteiger partial charge in [0.1, 0.15) is 11.5 Å². The molecule has 2 aromatic carbocycles. The Morgan fingerprint density at radius 2 is 1.88 bits per heavy atom. The number of nitrogens with zero attached hydrogens (tertiary/aromatic N) is 2. The summed E-state index contributed by atoms with van der Waals surface area (Å²) in [7, 11) is 0. The quantitative estimate of drug-likeness (QED) is 0.769. The van der Waals surface area contributed by atoms with Crippen molar-refractivity contribution >= 4 is 5.91 Å². The molecule has 1 unspecified atom stereocenters. The van der Waals surface area contributed by atoms with E-state index >= 15 is 0 Å². The minimum atomic E-state index is -0.388. The molecule has 0 fully saturated rings. The van der Waals surface area contributed by atoms with Crippen LogP contribution in [-0.2, 0) is 6.54 Å². The fourth-order valence-corrected chi connectivity index (χ4v) is 2.59. The van der Waals surface area contributed by atoms with Crippen molar-refractivity contribution in [3.05, 3.63) is 99.7 Å². The highest BCUT2D eigenvalue weighted by Gasteiger charge is 2.14. The standard InChI is InChI=1S/C20H18FN3O2/c1-14(16-7-3-2-4-8-16)22-20(26)18-10-11-19(25)24(23-18)13-15-6-5-9-17(21)12-15/h2-12,14H,13H2,1H3,(H,22,26). The van der Waals surface area contributed by atoms with Crippen molar-refractivity contribution in [2.24, 2.45) is 0 Å². The first kappa shape index (κ1) is 17.5. The largest absolute Gasteiger partial charge is 0.344 e. The monoisotopic (exact) mass is 351 g/mol. The normalized spacial score (nSPS) is 11.8. The molecule has 0 aliphatic rings. The van der Waals surface area contributed by atoms with Crippen molar-refractivity contribution in [2.75, 3.05) is 0 Å². The smallest absolute Gasteiger partial charge is 0.272 e. The van der Waals surface area contributed by atoms with Crippen molar-refractivity contribution in [3.63, 3.8) is 0 Å². The van der Waals surface area contributed by atoms with E-state index in [0.717, 1.165) is 10.2 Å². The molecule has 0 spiro atoms. The number of aromatic nitrogens is 2. The molecule has 1 atom stereocenters. The summed E-state index contributed by atoms with van der Waals surface area (Å²) in [5, 5.41) is 6.97. The van der Waals surface area contributed by atoms with Crippen LogP contribution in [0.15, 0.2) is 71.5 Å². The summed E-state index contributed by atoms with van der Waals surface area (Å²) in [4.78, 5) is 24.5. The number of benzene rings is 2. The predicted octanol–water partition coefficient (Wildman–Crippen LogP) is 2.92. The van der Waals surface area contributed by atoms with Gasteiger partial charge in [0.25, 0.3) is 11.5 Å². The average Bonchev–Trinajstić information content (AvgIpc) is 2.64. The van der Waals surface area contributed by atoms with Crippen molar-refractivity contribution in [3.8, 4) is 0 Å². The summed E-state index contributed by atoms with van der Waals surface area (Å²) < 4.78 is 14.5. The summed E-state index contributed by atoms with van der Waals surface area (Å²) in [5.41, 5.74) is 1.33. The van der Waals surface area contributed by atoms with Gasteiger partial charge in [-0.05, 0) is 36.2 Å². The van der Waals surface area contributed by atoms with E-state index in [9.17, 15) is 14.0 Å². The highest BCUT2D eigenvalue weighted by molar-refractivity contribution is 5.92. The van der Waals surface area contributed by atoms with E-state index < -0.39 is 0 Å². The van der Waals surface area contributed by atoms with Crippen molar-refractivity contribution in [2.45, 2.75) is 19.5 Å². The lowest BCUT2D eigenvalue weighted by atomic mass is 10.1. The maximum atomic E-state index is 13.3. The minimum absolute atomic E-state index is 0.0892. The van der Waals surface area contributed by atoms with Gasteiger partial charge >= 0.3 is 0 Å². The number of carbonyl (C=O) groups excluding carboxylic acids is 1. The van der Waals surface area contributed by atoms with E-state index in [1.54, 1.807) is 12.1 Å². The van der Waals surface area contributed by atoms with Gasteiger partial charge in [-0.25, -0.2) is 9.07 Å². The van der Waals surface area contributed by atoms with Gasteiger partial charge < -0.3 is 5.32 Å². The zero-order chi connectivity index (χ0) is 18.5. The highest BCUT2D eigenvalue weighted by atomic mass is 19.1. The molecular weight excluding hydrogens is 333 g/mol. The average molecular weight is 351 g/mol. The summed E-state index contributed by atoms with van der Waals surface area (Å²) in [5.74, 6) is -0.768. The molecule has 0 radical (unpaired) electrons. The lowest BCUT2D eigenvalue weighted by Crippen LogP contribution is -2.31. The fraction of sp³-hybridized carbons (Fsp3) is 0.150. The van der Waals surface area contributed by atoms with Crippen LogP contribution in [0, 0.1) is 5.82 Å². The SMILES string of the molecule is CC(NC(=O)c1ccc(=O)n(Cc2cccc(F)c2)n1)c1ccccc1. The molecule has 0 saturated heterocycles. The first-order valence-electron chi connectivity index (χ1n) is 8.21. The second-order valence-electron chi connectivity index (χ2n) is 5.95. The molecule has 6 heteroatoms. The Morgan fingerprint density at radius 3 is 2.62 bits per heavy atom. The van der Waals surface area contributed by atoms with Gasteiger partial charge in [0.15, 0.2) is 0 Å². The van der Waals surface area contributed by atoms with Crippen LogP contribution in [0.4, 0.5) is 4.39 Å². The van der Waals surface area contributed by atoms with Gasteiger partial charge in [-0.2, -0.15) is 5.10 Å². The molecule has 5 nitrogen and oxygen atoms in total. The topological polar surface area (TPSA) is 64.0 Å². The second-order valence-corrected chi connectivity index (χ2v) is 5.95. The van der Waals surface area contributed by atoms with Crippen LogP contribution in [0.2, 0.25) is 0 Å². The Morgan fingerprint density at radius 1 is 1.12 bits per heavy atom. The molecule has 1 N–H and O–H groups in total. The molecule has 3 rings (SSSR count). The summed E-state index contributed by atoms with van der Waals surface area (Å²) >= 11 is 0. The minimum Gasteiger partial charge on any atom is -0.344 e. The van der Waals surface area contributed by atoms with Gasteiger partial charge in [0, 0.05) is 6.07 Å². The van der Waals surface area contributed by atoms with Crippen molar-refractivity contribution in [1.82, 2.24) is 15.1 Å². The van der Waals surface area contributed by atoms with E-state index in [-0.39, 0.29) is 35.6 Å². The molecule has 1 aromatic heterocycles. The lowest BCUT2D eigenvalue weighted by molar-refractivity contribution is 0.0932. The summed E-state index contributed by atoms with van der Waals surface area (Å²) in [6.07, 6.45) is 0. The first-order chi connectivity index (χ1) is 12.5. The zero-order valence-corrected chi connectivity index (χ0v) is 14.2. The van der Waals surface area contributed by atoms with Gasteiger partial charge in [-0.1, -0.05) is 42.5 Å². The molecule has 26 heavy (non-hydrogen) atoms. The van der Waals surface area contributed by atoms with E-state index in [2.05, 4.69) is 10.4 Å². The molecule has 3 aromatic rings. The molecular formula is C20H18FN3O2. The van der Waals surface area contributed by atoms with Crippen LogP contribution in [0.3, 0.4) is 0 Å². The number of amides is 1. The number of carbonyl (C=O) groups is 1. The van der Waals surface area contributed by atoms with Crippen LogP contribution < -0.4 is 10.9 Å². The number of rotatable bonds is 5. The Kier molecular flexibility index (Phi) is 5.22. The molecule has 0 saturated carbocycles. The molecule has 0 bridgehead atoms. The molecule has 0 aliphatic carbocycles. The second kappa shape index (κ2) is 7.74. The third-order valence-electron chi connectivity index (χ3n) is 3.97. The number of hydrogen-bond donors (Lipinski definition) is 1. The van der Waals surface area contributed by atoms with Gasteiger partial charge in [-0.3, -0.25) is 9.59 Å². The third-order valence-corrected chi connectivity index (χ3v) is 3.97. The maximum Gasteiger partial charge on any atom is 0.272 e. The fourth-order valence-electron chi connectivity index (χ4n) is 2.59. The highest BCUT2D eigenvalue weighted by Crippen LogP contribution is 2.11. The lowest BCUT2D eigenvalue weighted by Gasteiger charge is -2.14. The van der Waals surface area contributed by atoms with E-state index in [4.69, 9.17) is 0 Å². The van der Waals surface area contributed by atoms with E-state index in [1.807, 2.05) is 37.3 Å². The van der Waals surface area contributed by atoms with Crippen LogP contribution in [0.25, 0.3) is 0 Å². The van der Waals surface area contributed by atoms with Gasteiger partial charge in [0.2, 0.25) is 0 Å². The van der Waals surface area contributed by atoms with Crippen LogP contribution in [-0.4, -0.2) is 15.7 Å². The Hall–Kier alpha value is -3.28. The van der Waals surface area contributed by atoms with Gasteiger partial charge in [0.05, 0.1) is 12.6 Å². The number of hydrogen-bond acceptors (Lipinski definition) is 3. The van der Waals surface area contributed by atoms with Crippen molar-refractivity contribution < 1.29 is 9.18 Å². The molecule has 1 heterocycles. The van der Waals surface area contributed by atoms with Crippen LogP contribution in [0.5, 0.6) is 0 Å². The molecule has 132 valence electrons. The Bertz CT molecular complexity index is 970. The number of nitrogens with one attached hydrogen (secondary N) is 1. The summed E-state index contributed by atoms with van der Waals surface area (Å²) in [6.45, 7) is 1.96.